The summed E-state index contributed by atoms with van der Waals surface area (Å²) < 4.78 is 0. The average Bonchev–Trinajstić information content (AvgIpc) is 2.14. The Kier molecular flexibility index (Phi) is 3.50. The van der Waals surface area contributed by atoms with Crippen molar-refractivity contribution in [3.05, 3.63) is 35.4 Å². The minimum Gasteiger partial charge on any atom is -0.508 e. The van der Waals surface area contributed by atoms with E-state index in [1.54, 1.807) is 18.2 Å². The van der Waals surface area contributed by atoms with Gasteiger partial charge < -0.3 is 10.2 Å². The SMILES string of the molecule is CC/C(=C\C(=O)O)c1ccc(O)cc1C. The molecule has 0 aliphatic heterocycles. The Balaban J connectivity index is 3.19. The van der Waals surface area contributed by atoms with Gasteiger partial charge in [-0.05, 0) is 42.2 Å². The van der Waals surface area contributed by atoms with Gasteiger partial charge in [0, 0.05) is 6.08 Å². The van der Waals surface area contributed by atoms with Gasteiger partial charge in [-0.1, -0.05) is 13.0 Å². The number of benzene rings is 1. The molecule has 0 amide bonds. The number of hydrogen-bond acceptors (Lipinski definition) is 2. The van der Waals surface area contributed by atoms with Crippen molar-refractivity contribution < 1.29 is 15.0 Å². The lowest BCUT2D eigenvalue weighted by atomic mass is 9.98. The van der Waals surface area contributed by atoms with Gasteiger partial charge in [0.2, 0.25) is 0 Å². The molecular formula is C12H14O3. The fraction of sp³-hybridized carbons (Fsp3) is 0.250. The summed E-state index contributed by atoms with van der Waals surface area (Å²) in [5.74, 6) is -0.749. The molecule has 3 heteroatoms. The number of allylic oxidation sites excluding steroid dienone is 1. The topological polar surface area (TPSA) is 57.5 Å². The van der Waals surface area contributed by atoms with Crippen molar-refractivity contribution in [2.24, 2.45) is 0 Å². The van der Waals surface area contributed by atoms with Crippen LogP contribution in [0, 0.1) is 6.92 Å². The highest BCUT2D eigenvalue weighted by atomic mass is 16.4. The van der Waals surface area contributed by atoms with Gasteiger partial charge in [0.05, 0.1) is 0 Å². The molecule has 1 aromatic carbocycles. The summed E-state index contributed by atoms with van der Waals surface area (Å²) in [7, 11) is 0. The molecule has 0 aliphatic carbocycles. The summed E-state index contributed by atoms with van der Waals surface area (Å²) >= 11 is 0. The maximum atomic E-state index is 10.6. The first-order chi connectivity index (χ1) is 7.04. The normalized spacial score (nSPS) is 11.5. The maximum Gasteiger partial charge on any atom is 0.328 e. The van der Waals surface area contributed by atoms with E-state index < -0.39 is 5.97 Å². The minimum absolute atomic E-state index is 0.196. The second-order valence-corrected chi connectivity index (χ2v) is 3.36. The summed E-state index contributed by atoms with van der Waals surface area (Å²) in [5.41, 5.74) is 2.52. The summed E-state index contributed by atoms with van der Waals surface area (Å²) in [6.45, 7) is 3.75. The molecule has 3 nitrogen and oxygen atoms in total. The van der Waals surface area contributed by atoms with Crippen molar-refractivity contribution in [2.75, 3.05) is 0 Å². The van der Waals surface area contributed by atoms with Crippen molar-refractivity contribution in [1.29, 1.82) is 0 Å². The van der Waals surface area contributed by atoms with Crippen molar-refractivity contribution in [3.8, 4) is 5.75 Å². The molecular weight excluding hydrogens is 192 g/mol. The van der Waals surface area contributed by atoms with Crippen molar-refractivity contribution >= 4 is 11.5 Å². The molecule has 0 aliphatic rings. The first kappa shape index (κ1) is 11.3. The van der Waals surface area contributed by atoms with Crippen LogP contribution in [0.1, 0.15) is 24.5 Å². The highest BCUT2D eigenvalue weighted by molar-refractivity contribution is 5.90. The van der Waals surface area contributed by atoms with Gasteiger partial charge in [-0.2, -0.15) is 0 Å². The number of aromatic hydroxyl groups is 1. The number of carboxylic acid groups (broad SMARTS) is 1. The van der Waals surface area contributed by atoms with Crippen LogP contribution < -0.4 is 0 Å². The predicted octanol–water partition coefficient (Wildman–Crippen LogP) is 2.58. The smallest absolute Gasteiger partial charge is 0.328 e. The zero-order chi connectivity index (χ0) is 11.4. The molecule has 0 saturated heterocycles. The molecule has 1 aromatic rings. The lowest BCUT2D eigenvalue weighted by Gasteiger charge is -2.08. The lowest BCUT2D eigenvalue weighted by Crippen LogP contribution is -1.94. The number of phenolic OH excluding ortho intramolecular Hbond substituents is 1. The number of rotatable bonds is 3. The van der Waals surface area contributed by atoms with Gasteiger partial charge in [0.15, 0.2) is 0 Å². The van der Waals surface area contributed by atoms with E-state index in [1.807, 2.05) is 13.8 Å². The maximum absolute atomic E-state index is 10.6. The van der Waals surface area contributed by atoms with E-state index >= 15 is 0 Å². The van der Waals surface area contributed by atoms with E-state index in [1.165, 1.54) is 6.08 Å². The summed E-state index contributed by atoms with van der Waals surface area (Å²) in [5, 5.41) is 17.9. The third kappa shape index (κ3) is 2.84. The van der Waals surface area contributed by atoms with Gasteiger partial charge in [0.1, 0.15) is 5.75 Å². The standard InChI is InChI=1S/C12H14O3/c1-3-9(7-12(14)15)11-5-4-10(13)6-8(11)2/h4-7,13H,3H2,1-2H3,(H,14,15)/b9-7+. The molecule has 0 atom stereocenters. The van der Waals surface area contributed by atoms with Crippen LogP contribution in [-0.2, 0) is 4.79 Å². The number of hydrogen-bond donors (Lipinski definition) is 2. The van der Waals surface area contributed by atoms with E-state index in [9.17, 15) is 9.90 Å². The van der Waals surface area contributed by atoms with Crippen molar-refractivity contribution in [1.82, 2.24) is 0 Å². The van der Waals surface area contributed by atoms with Crippen LogP contribution in [0.4, 0.5) is 0 Å². The van der Waals surface area contributed by atoms with E-state index in [-0.39, 0.29) is 5.75 Å². The number of aliphatic carboxylic acids is 1. The summed E-state index contributed by atoms with van der Waals surface area (Å²) in [6.07, 6.45) is 1.86. The Hall–Kier alpha value is -1.77. The molecule has 0 bridgehead atoms. The van der Waals surface area contributed by atoms with Gasteiger partial charge in [-0.25, -0.2) is 4.79 Å². The zero-order valence-corrected chi connectivity index (χ0v) is 8.82. The first-order valence-electron chi connectivity index (χ1n) is 4.78. The molecule has 0 fully saturated rings. The van der Waals surface area contributed by atoms with Gasteiger partial charge >= 0.3 is 5.97 Å². The van der Waals surface area contributed by atoms with Crippen LogP contribution in [0.15, 0.2) is 24.3 Å². The first-order valence-corrected chi connectivity index (χ1v) is 4.78. The quantitative estimate of drug-likeness (QED) is 0.747. The monoisotopic (exact) mass is 206 g/mol. The van der Waals surface area contributed by atoms with Gasteiger partial charge in [-0.3, -0.25) is 0 Å². The van der Waals surface area contributed by atoms with Crippen molar-refractivity contribution in [3.63, 3.8) is 0 Å². The fourth-order valence-corrected chi connectivity index (χ4v) is 1.53. The Morgan fingerprint density at radius 3 is 2.60 bits per heavy atom. The molecule has 0 aromatic heterocycles. The predicted molar refractivity (Wildman–Crippen MR) is 58.7 cm³/mol. The Bertz CT molecular complexity index is 405. The highest BCUT2D eigenvalue weighted by Gasteiger charge is 2.05. The third-order valence-electron chi connectivity index (χ3n) is 2.23. The van der Waals surface area contributed by atoms with Gasteiger partial charge in [-0.15, -0.1) is 0 Å². The van der Waals surface area contributed by atoms with E-state index in [0.717, 1.165) is 16.7 Å². The molecule has 80 valence electrons. The number of carboxylic acids is 1. The Morgan fingerprint density at radius 1 is 1.47 bits per heavy atom. The average molecular weight is 206 g/mol. The lowest BCUT2D eigenvalue weighted by molar-refractivity contribution is -0.131. The van der Waals surface area contributed by atoms with Crippen LogP contribution in [-0.4, -0.2) is 16.2 Å². The number of aryl methyl sites for hydroxylation is 1. The molecule has 15 heavy (non-hydrogen) atoms. The van der Waals surface area contributed by atoms with Crippen molar-refractivity contribution in [2.45, 2.75) is 20.3 Å². The van der Waals surface area contributed by atoms with Crippen LogP contribution >= 0.6 is 0 Å². The van der Waals surface area contributed by atoms with Crippen LogP contribution in [0.3, 0.4) is 0 Å². The summed E-state index contributed by atoms with van der Waals surface area (Å²) in [4.78, 5) is 10.6. The number of carbonyl (C=O) groups is 1. The van der Waals surface area contributed by atoms with Crippen LogP contribution in [0.25, 0.3) is 5.57 Å². The van der Waals surface area contributed by atoms with E-state index in [0.29, 0.717) is 6.42 Å². The summed E-state index contributed by atoms with van der Waals surface area (Å²) in [6, 6.07) is 4.93. The Morgan fingerprint density at radius 2 is 2.13 bits per heavy atom. The number of phenols is 1. The highest BCUT2D eigenvalue weighted by Crippen LogP contribution is 2.24. The van der Waals surface area contributed by atoms with Crippen LogP contribution in [0.2, 0.25) is 0 Å². The van der Waals surface area contributed by atoms with E-state index in [2.05, 4.69) is 0 Å². The molecule has 0 spiro atoms. The molecule has 0 saturated carbocycles. The molecule has 0 heterocycles. The molecule has 0 radical (unpaired) electrons. The zero-order valence-electron chi connectivity index (χ0n) is 8.82. The second-order valence-electron chi connectivity index (χ2n) is 3.36. The minimum atomic E-state index is -0.945. The fourth-order valence-electron chi connectivity index (χ4n) is 1.53. The third-order valence-corrected chi connectivity index (χ3v) is 2.23. The Labute approximate surface area is 88.7 Å². The van der Waals surface area contributed by atoms with Gasteiger partial charge in [0.25, 0.3) is 0 Å². The van der Waals surface area contributed by atoms with E-state index in [4.69, 9.17) is 5.11 Å². The second kappa shape index (κ2) is 4.64. The molecule has 2 N–H and O–H groups in total. The van der Waals surface area contributed by atoms with Crippen LogP contribution in [0.5, 0.6) is 5.75 Å². The molecule has 1 rings (SSSR count). The molecule has 0 unspecified atom stereocenters. The largest absolute Gasteiger partial charge is 0.508 e.